The first kappa shape index (κ1) is 15.6. The lowest BCUT2D eigenvalue weighted by molar-refractivity contribution is 0.414. The van der Waals surface area contributed by atoms with Crippen LogP contribution in [0.3, 0.4) is 0 Å². The predicted octanol–water partition coefficient (Wildman–Crippen LogP) is 2.77. The Hall–Kier alpha value is -2.87. The van der Waals surface area contributed by atoms with Crippen LogP contribution in [0.4, 0.5) is 0 Å². The number of hydrogen-bond acceptors (Lipinski definition) is 7. The first-order chi connectivity index (χ1) is 12.2. The Morgan fingerprint density at radius 1 is 1.24 bits per heavy atom. The number of hydrogen-bond donors (Lipinski definition) is 0. The fraction of sp³-hybridized carbons (Fsp3) is 0.176. The van der Waals surface area contributed by atoms with Gasteiger partial charge in [0.2, 0.25) is 0 Å². The van der Waals surface area contributed by atoms with E-state index in [4.69, 9.17) is 9.15 Å². The van der Waals surface area contributed by atoms with Crippen molar-refractivity contribution < 1.29 is 9.15 Å². The summed E-state index contributed by atoms with van der Waals surface area (Å²) in [5, 5.41) is 6.81. The van der Waals surface area contributed by atoms with Crippen molar-refractivity contribution >= 4 is 33.8 Å². The molecule has 126 valence electrons. The van der Waals surface area contributed by atoms with Crippen molar-refractivity contribution in [1.82, 2.24) is 19.7 Å². The number of fused-ring (bicyclic) bond motifs is 2. The van der Waals surface area contributed by atoms with Gasteiger partial charge in [0.1, 0.15) is 22.7 Å². The van der Waals surface area contributed by atoms with Crippen LogP contribution in [0.25, 0.3) is 22.0 Å². The largest absolute Gasteiger partial charge is 0.497 e. The summed E-state index contributed by atoms with van der Waals surface area (Å²) >= 11 is 1.53. The molecule has 3 heterocycles. The molecule has 0 radical (unpaired) electrons. The van der Waals surface area contributed by atoms with Crippen molar-refractivity contribution in [2.24, 2.45) is 7.05 Å². The van der Waals surface area contributed by atoms with Crippen molar-refractivity contribution in [3.63, 3.8) is 0 Å². The number of benzene rings is 1. The molecule has 4 rings (SSSR count). The molecule has 0 saturated carbocycles. The molecule has 0 unspecified atom stereocenters. The van der Waals surface area contributed by atoms with Crippen molar-refractivity contribution in [2.75, 3.05) is 7.11 Å². The molecular formula is C17H14N4O3S. The molecule has 0 fully saturated rings. The van der Waals surface area contributed by atoms with Gasteiger partial charge in [0.05, 0.1) is 18.7 Å². The summed E-state index contributed by atoms with van der Waals surface area (Å²) in [6.45, 7) is 0. The van der Waals surface area contributed by atoms with Crippen molar-refractivity contribution in [3.05, 3.63) is 52.8 Å². The van der Waals surface area contributed by atoms with Gasteiger partial charge in [0, 0.05) is 30.3 Å². The quantitative estimate of drug-likeness (QED) is 0.316. The van der Waals surface area contributed by atoms with Crippen LogP contribution < -0.4 is 10.4 Å². The Morgan fingerprint density at radius 3 is 2.96 bits per heavy atom. The SMILES string of the molecule is COc1ccc2c(CSc3ncnc4c3cnn4C)cc(=O)oc2c1. The number of aryl methyl sites for hydroxylation is 1. The lowest BCUT2D eigenvalue weighted by atomic mass is 10.1. The highest BCUT2D eigenvalue weighted by molar-refractivity contribution is 7.98. The summed E-state index contributed by atoms with van der Waals surface area (Å²) in [5.74, 6) is 1.23. The van der Waals surface area contributed by atoms with Gasteiger partial charge < -0.3 is 9.15 Å². The standard InChI is InChI=1S/C17H14N4O3S/c1-21-16-13(7-20-21)17(19-9-18-16)25-8-10-5-15(22)24-14-6-11(23-2)3-4-12(10)14/h3-7,9H,8H2,1-2H3. The van der Waals surface area contributed by atoms with Crippen LogP contribution in [-0.2, 0) is 12.8 Å². The second-order valence-corrected chi connectivity index (χ2v) is 6.39. The highest BCUT2D eigenvalue weighted by atomic mass is 32.2. The minimum atomic E-state index is -0.384. The Balaban J connectivity index is 1.72. The number of thioether (sulfide) groups is 1. The molecule has 3 aromatic heterocycles. The lowest BCUT2D eigenvalue weighted by Gasteiger charge is -2.07. The summed E-state index contributed by atoms with van der Waals surface area (Å²) in [4.78, 5) is 20.5. The van der Waals surface area contributed by atoms with Gasteiger partial charge in [-0.3, -0.25) is 4.68 Å². The van der Waals surface area contributed by atoms with E-state index in [-0.39, 0.29) is 5.63 Å². The smallest absolute Gasteiger partial charge is 0.336 e. The minimum absolute atomic E-state index is 0.384. The predicted molar refractivity (Wildman–Crippen MR) is 94.9 cm³/mol. The second-order valence-electron chi connectivity index (χ2n) is 5.43. The van der Waals surface area contributed by atoms with Gasteiger partial charge in [-0.25, -0.2) is 14.8 Å². The lowest BCUT2D eigenvalue weighted by Crippen LogP contribution is -2.00. The van der Waals surface area contributed by atoms with Gasteiger partial charge in [-0.2, -0.15) is 5.10 Å². The van der Waals surface area contributed by atoms with E-state index in [0.29, 0.717) is 17.1 Å². The van der Waals surface area contributed by atoms with Crippen molar-refractivity contribution in [3.8, 4) is 5.75 Å². The molecule has 0 spiro atoms. The molecular weight excluding hydrogens is 340 g/mol. The molecule has 0 saturated heterocycles. The second kappa shape index (κ2) is 6.21. The number of rotatable bonds is 4. The number of ether oxygens (including phenoxy) is 1. The fourth-order valence-corrected chi connectivity index (χ4v) is 3.61. The fourth-order valence-electron chi connectivity index (χ4n) is 2.66. The molecule has 4 aromatic rings. The minimum Gasteiger partial charge on any atom is -0.497 e. The molecule has 1 aromatic carbocycles. The molecule has 0 amide bonds. The Morgan fingerprint density at radius 2 is 2.12 bits per heavy atom. The maximum Gasteiger partial charge on any atom is 0.336 e. The Kier molecular flexibility index (Phi) is 3.89. The first-order valence-corrected chi connectivity index (χ1v) is 8.50. The van der Waals surface area contributed by atoms with Gasteiger partial charge in [-0.05, 0) is 17.7 Å². The van der Waals surface area contributed by atoms with Gasteiger partial charge in [0.25, 0.3) is 0 Å². The van der Waals surface area contributed by atoms with E-state index in [1.165, 1.54) is 24.2 Å². The van der Waals surface area contributed by atoms with E-state index >= 15 is 0 Å². The third-order valence-electron chi connectivity index (χ3n) is 3.89. The topological polar surface area (TPSA) is 83.0 Å². The molecule has 7 nitrogen and oxygen atoms in total. The highest BCUT2D eigenvalue weighted by Gasteiger charge is 2.11. The molecule has 0 N–H and O–H groups in total. The van der Waals surface area contributed by atoms with Gasteiger partial charge in [-0.1, -0.05) is 0 Å². The highest BCUT2D eigenvalue weighted by Crippen LogP contribution is 2.30. The maximum absolute atomic E-state index is 11.9. The van der Waals surface area contributed by atoms with Crippen LogP contribution in [0.5, 0.6) is 5.75 Å². The van der Waals surface area contributed by atoms with E-state index in [2.05, 4.69) is 15.1 Å². The van der Waals surface area contributed by atoms with Crippen LogP contribution in [0.2, 0.25) is 0 Å². The summed E-state index contributed by atoms with van der Waals surface area (Å²) in [5.41, 5.74) is 1.79. The zero-order chi connectivity index (χ0) is 17.4. The molecule has 0 aliphatic carbocycles. The summed E-state index contributed by atoms with van der Waals surface area (Å²) in [7, 11) is 3.42. The molecule has 25 heavy (non-hydrogen) atoms. The summed E-state index contributed by atoms with van der Waals surface area (Å²) in [6.07, 6.45) is 3.27. The van der Waals surface area contributed by atoms with Crippen LogP contribution in [0.1, 0.15) is 5.56 Å². The van der Waals surface area contributed by atoms with Crippen LogP contribution in [0, 0.1) is 0 Å². The maximum atomic E-state index is 11.9. The van der Waals surface area contributed by atoms with Gasteiger partial charge in [-0.15, -0.1) is 11.8 Å². The number of aromatic nitrogens is 4. The van der Waals surface area contributed by atoms with Crippen molar-refractivity contribution in [2.45, 2.75) is 10.8 Å². The first-order valence-electron chi connectivity index (χ1n) is 7.52. The average Bonchev–Trinajstić information content (AvgIpc) is 3.00. The van der Waals surface area contributed by atoms with E-state index in [1.807, 2.05) is 19.2 Å². The normalized spacial score (nSPS) is 11.3. The molecule has 0 bridgehead atoms. The average molecular weight is 354 g/mol. The molecule has 0 atom stereocenters. The molecule has 0 aliphatic heterocycles. The summed E-state index contributed by atoms with van der Waals surface area (Å²) in [6, 6.07) is 6.98. The van der Waals surface area contributed by atoms with Crippen LogP contribution in [0.15, 0.2) is 51.0 Å². The zero-order valence-corrected chi connectivity index (χ0v) is 14.4. The third-order valence-corrected chi connectivity index (χ3v) is 4.95. The van der Waals surface area contributed by atoms with Crippen LogP contribution >= 0.6 is 11.8 Å². The Labute approximate surface area is 146 Å². The van der Waals surface area contributed by atoms with E-state index in [0.717, 1.165) is 27.0 Å². The zero-order valence-electron chi connectivity index (χ0n) is 13.6. The van der Waals surface area contributed by atoms with E-state index in [1.54, 1.807) is 24.1 Å². The van der Waals surface area contributed by atoms with Crippen molar-refractivity contribution in [1.29, 1.82) is 0 Å². The number of methoxy groups -OCH3 is 1. The molecule has 8 heteroatoms. The van der Waals surface area contributed by atoms with E-state index in [9.17, 15) is 4.79 Å². The third kappa shape index (κ3) is 2.85. The monoisotopic (exact) mass is 354 g/mol. The molecule has 0 aliphatic rings. The van der Waals surface area contributed by atoms with E-state index < -0.39 is 0 Å². The summed E-state index contributed by atoms with van der Waals surface area (Å²) < 4.78 is 12.2. The Bertz CT molecular complexity index is 1140. The van der Waals surface area contributed by atoms with Gasteiger partial charge in [0.15, 0.2) is 5.65 Å². The van der Waals surface area contributed by atoms with Crippen LogP contribution in [-0.4, -0.2) is 26.9 Å². The number of nitrogens with zero attached hydrogens (tertiary/aromatic N) is 4. The van der Waals surface area contributed by atoms with Gasteiger partial charge >= 0.3 is 5.63 Å².